The molecule has 102 valence electrons. The number of nitriles is 1. The third kappa shape index (κ3) is 3.68. The predicted molar refractivity (Wildman–Crippen MR) is 75.2 cm³/mol. The molecule has 0 saturated heterocycles. The second kappa shape index (κ2) is 7.10. The number of hydrogen-bond donors (Lipinski definition) is 1. The van der Waals surface area contributed by atoms with Gasteiger partial charge in [0.1, 0.15) is 11.9 Å². The average molecular weight is 259 g/mol. The lowest BCUT2D eigenvalue weighted by molar-refractivity contribution is 0.134. The minimum Gasteiger partial charge on any atom is -0.381 e. The number of anilines is 1. The molecule has 0 atom stereocenters. The van der Waals surface area contributed by atoms with Crippen LogP contribution in [0.25, 0.3) is 0 Å². The lowest BCUT2D eigenvalue weighted by Gasteiger charge is -2.09. The van der Waals surface area contributed by atoms with E-state index in [0.717, 1.165) is 63.4 Å². The summed E-state index contributed by atoms with van der Waals surface area (Å²) < 4.78 is 5.43. The van der Waals surface area contributed by atoms with E-state index in [0.29, 0.717) is 5.56 Å². The van der Waals surface area contributed by atoms with Crippen LogP contribution >= 0.6 is 0 Å². The topological polar surface area (TPSA) is 57.9 Å². The van der Waals surface area contributed by atoms with Gasteiger partial charge >= 0.3 is 0 Å². The Morgan fingerprint density at radius 1 is 1.42 bits per heavy atom. The first-order valence-corrected chi connectivity index (χ1v) is 7.09. The zero-order valence-electron chi connectivity index (χ0n) is 11.5. The quantitative estimate of drug-likeness (QED) is 0.765. The van der Waals surface area contributed by atoms with Gasteiger partial charge < -0.3 is 10.1 Å². The Labute approximate surface area is 114 Å². The Balaban J connectivity index is 1.88. The first kappa shape index (κ1) is 13.8. The monoisotopic (exact) mass is 259 g/mol. The van der Waals surface area contributed by atoms with E-state index >= 15 is 0 Å². The van der Waals surface area contributed by atoms with Crippen molar-refractivity contribution in [2.75, 3.05) is 25.1 Å². The summed E-state index contributed by atoms with van der Waals surface area (Å²) >= 11 is 0. The van der Waals surface area contributed by atoms with Crippen molar-refractivity contribution in [3.63, 3.8) is 0 Å². The molecule has 0 amide bonds. The molecule has 1 aromatic heterocycles. The average Bonchev–Trinajstić information content (AvgIpc) is 2.88. The highest BCUT2D eigenvalue weighted by molar-refractivity contribution is 5.55. The molecular formula is C15H21N3O. The molecule has 0 saturated carbocycles. The molecule has 19 heavy (non-hydrogen) atoms. The summed E-state index contributed by atoms with van der Waals surface area (Å²) in [7, 11) is 0. The summed E-state index contributed by atoms with van der Waals surface area (Å²) in [5, 5.41) is 12.4. The van der Waals surface area contributed by atoms with Crippen LogP contribution in [0.4, 0.5) is 5.82 Å². The number of nitrogens with zero attached hydrogens (tertiary/aromatic N) is 2. The minimum absolute atomic E-state index is 0.662. The van der Waals surface area contributed by atoms with E-state index in [1.807, 2.05) is 6.07 Å². The van der Waals surface area contributed by atoms with Gasteiger partial charge in [-0.25, -0.2) is 4.98 Å². The molecular weight excluding hydrogens is 238 g/mol. The van der Waals surface area contributed by atoms with Gasteiger partial charge in [0, 0.05) is 25.5 Å². The summed E-state index contributed by atoms with van der Waals surface area (Å²) in [6.07, 6.45) is 5.24. The lowest BCUT2D eigenvalue weighted by Crippen LogP contribution is -2.09. The SMILES string of the molecule is CCCOCCCNc1nc2c(cc1C#N)CCC2. The second-order valence-corrected chi connectivity index (χ2v) is 4.85. The fourth-order valence-electron chi connectivity index (χ4n) is 2.32. The van der Waals surface area contributed by atoms with E-state index < -0.39 is 0 Å². The van der Waals surface area contributed by atoms with Gasteiger partial charge in [-0.3, -0.25) is 0 Å². The normalized spacial score (nSPS) is 13.1. The van der Waals surface area contributed by atoms with Crippen LogP contribution in [0, 0.1) is 11.3 Å². The Bertz CT molecular complexity index is 465. The molecule has 0 spiro atoms. The largest absolute Gasteiger partial charge is 0.381 e. The summed E-state index contributed by atoms with van der Waals surface area (Å²) in [5.74, 6) is 0.735. The zero-order chi connectivity index (χ0) is 13.5. The molecule has 0 radical (unpaired) electrons. The molecule has 4 nitrogen and oxygen atoms in total. The van der Waals surface area contributed by atoms with Crippen molar-refractivity contribution >= 4 is 5.82 Å². The molecule has 0 aromatic carbocycles. The highest BCUT2D eigenvalue weighted by Gasteiger charge is 2.15. The van der Waals surface area contributed by atoms with Crippen molar-refractivity contribution < 1.29 is 4.74 Å². The number of ether oxygens (including phenoxy) is 1. The highest BCUT2D eigenvalue weighted by Crippen LogP contribution is 2.24. The van der Waals surface area contributed by atoms with Crippen LogP contribution in [0.3, 0.4) is 0 Å². The number of nitrogens with one attached hydrogen (secondary N) is 1. The van der Waals surface area contributed by atoms with Crippen LogP contribution in [0.1, 0.15) is 43.0 Å². The molecule has 1 heterocycles. The molecule has 1 aliphatic carbocycles. The van der Waals surface area contributed by atoms with Crippen molar-refractivity contribution in [1.29, 1.82) is 5.26 Å². The predicted octanol–water partition coefficient (Wildman–Crippen LogP) is 2.67. The molecule has 0 unspecified atom stereocenters. The molecule has 2 rings (SSSR count). The smallest absolute Gasteiger partial charge is 0.144 e. The number of aryl methyl sites for hydroxylation is 2. The fraction of sp³-hybridized carbons (Fsp3) is 0.600. The Kier molecular flexibility index (Phi) is 5.17. The van der Waals surface area contributed by atoms with Crippen molar-refractivity contribution in [3.8, 4) is 6.07 Å². The van der Waals surface area contributed by atoms with E-state index in [9.17, 15) is 0 Å². The maximum Gasteiger partial charge on any atom is 0.144 e. The summed E-state index contributed by atoms with van der Waals surface area (Å²) in [6.45, 7) is 4.48. The van der Waals surface area contributed by atoms with Gasteiger partial charge in [0.25, 0.3) is 0 Å². The van der Waals surface area contributed by atoms with Crippen molar-refractivity contribution in [3.05, 3.63) is 22.9 Å². The number of pyridine rings is 1. The van der Waals surface area contributed by atoms with Crippen molar-refractivity contribution in [2.24, 2.45) is 0 Å². The van der Waals surface area contributed by atoms with E-state index in [-0.39, 0.29) is 0 Å². The summed E-state index contributed by atoms with van der Waals surface area (Å²) in [4.78, 5) is 4.58. The fourth-order valence-corrected chi connectivity index (χ4v) is 2.32. The third-order valence-corrected chi connectivity index (χ3v) is 3.28. The molecule has 4 heteroatoms. The van der Waals surface area contributed by atoms with Crippen LogP contribution in [0.5, 0.6) is 0 Å². The van der Waals surface area contributed by atoms with Crippen LogP contribution in [0.15, 0.2) is 6.07 Å². The van der Waals surface area contributed by atoms with E-state index in [1.165, 1.54) is 5.56 Å². The molecule has 0 aliphatic heterocycles. The van der Waals surface area contributed by atoms with E-state index in [1.54, 1.807) is 0 Å². The van der Waals surface area contributed by atoms with Crippen molar-refractivity contribution in [1.82, 2.24) is 4.98 Å². The second-order valence-electron chi connectivity index (χ2n) is 4.85. The van der Waals surface area contributed by atoms with Gasteiger partial charge in [-0.1, -0.05) is 6.92 Å². The Morgan fingerprint density at radius 3 is 3.11 bits per heavy atom. The lowest BCUT2D eigenvalue weighted by atomic mass is 10.1. The minimum atomic E-state index is 0.662. The maximum atomic E-state index is 9.17. The van der Waals surface area contributed by atoms with Gasteiger partial charge in [0.15, 0.2) is 0 Å². The van der Waals surface area contributed by atoms with Gasteiger partial charge in [-0.15, -0.1) is 0 Å². The Morgan fingerprint density at radius 2 is 2.32 bits per heavy atom. The molecule has 1 aliphatic rings. The van der Waals surface area contributed by atoms with Gasteiger partial charge in [0.05, 0.1) is 5.56 Å². The van der Waals surface area contributed by atoms with Crippen LogP contribution in [0.2, 0.25) is 0 Å². The number of fused-ring (bicyclic) bond motifs is 1. The van der Waals surface area contributed by atoms with Crippen molar-refractivity contribution in [2.45, 2.75) is 39.0 Å². The highest BCUT2D eigenvalue weighted by atomic mass is 16.5. The zero-order valence-corrected chi connectivity index (χ0v) is 11.5. The first-order valence-electron chi connectivity index (χ1n) is 7.09. The summed E-state index contributed by atoms with van der Waals surface area (Å²) in [6, 6.07) is 4.22. The number of hydrogen-bond acceptors (Lipinski definition) is 4. The van der Waals surface area contributed by atoms with Crippen LogP contribution in [-0.4, -0.2) is 24.7 Å². The molecule has 1 aromatic rings. The molecule has 1 N–H and O–H groups in total. The van der Waals surface area contributed by atoms with Crippen LogP contribution in [-0.2, 0) is 17.6 Å². The maximum absolute atomic E-state index is 9.17. The van der Waals surface area contributed by atoms with Crippen LogP contribution < -0.4 is 5.32 Å². The Hall–Kier alpha value is -1.60. The van der Waals surface area contributed by atoms with Gasteiger partial charge in [-0.2, -0.15) is 5.26 Å². The van der Waals surface area contributed by atoms with Gasteiger partial charge in [0.2, 0.25) is 0 Å². The standard InChI is InChI=1S/C15H21N3O/c1-2-8-19-9-4-7-17-15-13(11-16)10-12-5-3-6-14(12)18-15/h10H,2-9H2,1H3,(H,17,18). The third-order valence-electron chi connectivity index (χ3n) is 3.28. The number of rotatable bonds is 7. The number of aromatic nitrogens is 1. The molecule has 0 bridgehead atoms. The first-order chi connectivity index (χ1) is 9.35. The van der Waals surface area contributed by atoms with Gasteiger partial charge in [-0.05, 0) is 43.7 Å². The van der Waals surface area contributed by atoms with E-state index in [2.05, 4.69) is 23.3 Å². The van der Waals surface area contributed by atoms with E-state index in [4.69, 9.17) is 10.00 Å². The summed E-state index contributed by atoms with van der Waals surface area (Å²) in [5.41, 5.74) is 3.06. The molecule has 0 fully saturated rings.